The van der Waals surface area contributed by atoms with Crippen LogP contribution in [0.1, 0.15) is 21.7 Å². The van der Waals surface area contributed by atoms with E-state index < -0.39 is 0 Å². The number of nitrogens with one attached hydrogen (secondary N) is 1. The summed E-state index contributed by atoms with van der Waals surface area (Å²) >= 11 is 9.43. The van der Waals surface area contributed by atoms with Crippen LogP contribution < -0.4 is 5.32 Å². The van der Waals surface area contributed by atoms with Crippen LogP contribution in [0.2, 0.25) is 5.02 Å². The molecule has 0 saturated heterocycles. The molecule has 2 aromatic carbocycles. The third-order valence-electron chi connectivity index (χ3n) is 3.66. The van der Waals surface area contributed by atoms with Crippen LogP contribution in [0.15, 0.2) is 59.3 Å². The molecule has 1 heterocycles. The molecule has 0 spiro atoms. The molecule has 3 aromatic rings. The van der Waals surface area contributed by atoms with Crippen molar-refractivity contribution in [3.05, 3.63) is 81.3 Å². The highest BCUT2D eigenvalue weighted by Gasteiger charge is 2.11. The van der Waals surface area contributed by atoms with Crippen molar-refractivity contribution < 1.29 is 4.79 Å². The lowest BCUT2D eigenvalue weighted by Crippen LogP contribution is -2.12. The molecule has 0 aliphatic heterocycles. The number of halogens is 2. The maximum absolute atomic E-state index is 12.3. The number of rotatable bonds is 4. The first kappa shape index (κ1) is 16.7. The molecular weight excluding hydrogens is 390 g/mol. The van der Waals surface area contributed by atoms with Crippen molar-refractivity contribution in [2.75, 3.05) is 5.32 Å². The minimum Gasteiger partial charge on any atom is -0.331 e. The van der Waals surface area contributed by atoms with Gasteiger partial charge in [0.05, 0.1) is 10.6 Å². The van der Waals surface area contributed by atoms with Crippen molar-refractivity contribution in [1.29, 1.82) is 0 Å². The Balaban J connectivity index is 1.71. The van der Waals surface area contributed by atoms with Crippen LogP contribution in [0, 0.1) is 6.92 Å². The van der Waals surface area contributed by atoms with Crippen molar-refractivity contribution in [2.45, 2.75) is 13.5 Å². The van der Waals surface area contributed by atoms with Gasteiger partial charge < -0.3 is 9.88 Å². The van der Waals surface area contributed by atoms with Crippen LogP contribution >= 0.6 is 27.5 Å². The fourth-order valence-corrected chi connectivity index (χ4v) is 2.90. The summed E-state index contributed by atoms with van der Waals surface area (Å²) in [7, 11) is 0. The molecule has 0 unspecified atom stereocenters. The van der Waals surface area contributed by atoms with Crippen LogP contribution in [-0.2, 0) is 6.54 Å². The van der Waals surface area contributed by atoms with Crippen molar-refractivity contribution >= 4 is 39.1 Å². The Morgan fingerprint density at radius 1 is 1.25 bits per heavy atom. The Morgan fingerprint density at radius 2 is 2.00 bits per heavy atom. The molecule has 24 heavy (non-hydrogen) atoms. The zero-order valence-corrected chi connectivity index (χ0v) is 15.3. The summed E-state index contributed by atoms with van der Waals surface area (Å²) in [4.78, 5) is 16.6. The lowest BCUT2D eigenvalue weighted by molar-refractivity contribution is 0.102. The third kappa shape index (κ3) is 3.86. The number of hydrogen-bond donors (Lipinski definition) is 1. The fraction of sp³-hybridized carbons (Fsp3) is 0.111. The third-order valence-corrected chi connectivity index (χ3v) is 4.48. The Morgan fingerprint density at radius 3 is 2.67 bits per heavy atom. The number of aromatic nitrogens is 2. The maximum atomic E-state index is 12.3. The minimum absolute atomic E-state index is 0.237. The first-order valence-corrected chi connectivity index (χ1v) is 8.53. The van der Waals surface area contributed by atoms with Gasteiger partial charge in [0.1, 0.15) is 5.82 Å². The molecule has 0 radical (unpaired) electrons. The standard InChI is InChI=1S/C18H15BrClN3O/c1-12-21-8-9-23(12)11-13-2-5-15(6-3-13)22-18(24)16-10-14(19)4-7-17(16)20/h2-10H,11H2,1H3,(H,22,24). The van der Waals surface area contributed by atoms with Crippen LogP contribution in [0.25, 0.3) is 0 Å². The molecular formula is C18H15BrClN3O. The van der Waals surface area contributed by atoms with Crippen LogP contribution in [-0.4, -0.2) is 15.5 Å². The number of aryl methyl sites for hydroxylation is 1. The van der Waals surface area contributed by atoms with E-state index in [-0.39, 0.29) is 5.91 Å². The number of imidazole rings is 1. The second-order valence-electron chi connectivity index (χ2n) is 5.38. The smallest absolute Gasteiger partial charge is 0.257 e. The van der Waals surface area contributed by atoms with E-state index in [0.29, 0.717) is 10.6 Å². The molecule has 0 atom stereocenters. The van der Waals surface area contributed by atoms with E-state index in [0.717, 1.165) is 28.1 Å². The van der Waals surface area contributed by atoms with Gasteiger partial charge in [0.15, 0.2) is 0 Å². The van der Waals surface area contributed by atoms with Crippen LogP contribution in [0.3, 0.4) is 0 Å². The predicted molar refractivity (Wildman–Crippen MR) is 99.6 cm³/mol. The molecule has 0 saturated carbocycles. The van der Waals surface area contributed by atoms with E-state index in [1.165, 1.54) is 0 Å². The Labute approximate surface area is 153 Å². The lowest BCUT2D eigenvalue weighted by Gasteiger charge is -2.09. The lowest BCUT2D eigenvalue weighted by atomic mass is 10.1. The molecule has 3 rings (SSSR count). The van der Waals surface area contributed by atoms with Gasteiger partial charge in [-0.2, -0.15) is 0 Å². The van der Waals surface area contributed by atoms with E-state index in [4.69, 9.17) is 11.6 Å². The zero-order chi connectivity index (χ0) is 17.1. The number of benzene rings is 2. The molecule has 6 heteroatoms. The van der Waals surface area contributed by atoms with Gasteiger partial charge in [-0.15, -0.1) is 0 Å². The molecule has 0 bridgehead atoms. The van der Waals surface area contributed by atoms with Crippen LogP contribution in [0.5, 0.6) is 0 Å². The predicted octanol–water partition coefficient (Wildman–Crippen LogP) is 4.91. The van der Waals surface area contributed by atoms with E-state index in [1.54, 1.807) is 24.4 Å². The molecule has 1 amide bonds. The second kappa shape index (κ2) is 7.20. The number of amides is 1. The minimum atomic E-state index is -0.237. The number of carbonyl (C=O) groups excluding carboxylic acids is 1. The second-order valence-corrected chi connectivity index (χ2v) is 6.70. The van der Waals surface area contributed by atoms with E-state index in [1.807, 2.05) is 37.4 Å². The highest BCUT2D eigenvalue weighted by molar-refractivity contribution is 9.10. The summed E-state index contributed by atoms with van der Waals surface area (Å²) in [5.74, 6) is 0.733. The largest absolute Gasteiger partial charge is 0.331 e. The first-order chi connectivity index (χ1) is 11.5. The van der Waals surface area contributed by atoms with Gasteiger partial charge in [-0.3, -0.25) is 4.79 Å². The molecule has 122 valence electrons. The highest BCUT2D eigenvalue weighted by atomic mass is 79.9. The Kier molecular flexibility index (Phi) is 5.02. The zero-order valence-electron chi connectivity index (χ0n) is 13.0. The normalized spacial score (nSPS) is 10.6. The first-order valence-electron chi connectivity index (χ1n) is 7.36. The average Bonchev–Trinajstić information content (AvgIpc) is 2.96. The Bertz CT molecular complexity index is 874. The Hall–Kier alpha value is -2.11. The average molecular weight is 405 g/mol. The number of nitrogens with zero attached hydrogens (tertiary/aromatic N) is 2. The van der Waals surface area contributed by atoms with Crippen LogP contribution in [0.4, 0.5) is 5.69 Å². The van der Waals surface area contributed by atoms with Crippen molar-refractivity contribution in [3.63, 3.8) is 0 Å². The van der Waals surface area contributed by atoms with Gasteiger partial charge in [-0.25, -0.2) is 4.98 Å². The molecule has 0 aliphatic carbocycles. The summed E-state index contributed by atoms with van der Waals surface area (Å²) in [5, 5.41) is 3.28. The monoisotopic (exact) mass is 403 g/mol. The molecule has 0 fully saturated rings. The topological polar surface area (TPSA) is 46.9 Å². The van der Waals surface area contributed by atoms with Gasteiger partial charge in [-0.1, -0.05) is 39.7 Å². The number of anilines is 1. The van der Waals surface area contributed by atoms with Gasteiger partial charge in [0, 0.05) is 29.1 Å². The van der Waals surface area contributed by atoms with Gasteiger partial charge in [0.25, 0.3) is 5.91 Å². The molecule has 4 nitrogen and oxygen atoms in total. The quantitative estimate of drug-likeness (QED) is 0.672. The summed E-state index contributed by atoms with van der Waals surface area (Å²) in [6.45, 7) is 2.72. The molecule has 0 aliphatic rings. The SMILES string of the molecule is Cc1nccn1Cc1ccc(NC(=O)c2cc(Br)ccc2Cl)cc1. The van der Waals surface area contributed by atoms with Gasteiger partial charge in [-0.05, 0) is 42.8 Å². The van der Waals surface area contributed by atoms with Crippen molar-refractivity contribution in [1.82, 2.24) is 9.55 Å². The summed E-state index contributed by atoms with van der Waals surface area (Å²) < 4.78 is 2.87. The van der Waals surface area contributed by atoms with Crippen molar-refractivity contribution in [3.8, 4) is 0 Å². The maximum Gasteiger partial charge on any atom is 0.257 e. The summed E-state index contributed by atoms with van der Waals surface area (Å²) in [6, 6.07) is 12.9. The molecule has 1 aromatic heterocycles. The highest BCUT2D eigenvalue weighted by Crippen LogP contribution is 2.22. The van der Waals surface area contributed by atoms with E-state index >= 15 is 0 Å². The molecule has 1 N–H and O–H groups in total. The van der Waals surface area contributed by atoms with E-state index in [9.17, 15) is 4.79 Å². The van der Waals surface area contributed by atoms with Gasteiger partial charge in [0.2, 0.25) is 0 Å². The van der Waals surface area contributed by atoms with Gasteiger partial charge >= 0.3 is 0 Å². The van der Waals surface area contributed by atoms with E-state index in [2.05, 4.69) is 30.8 Å². The van der Waals surface area contributed by atoms with Crippen molar-refractivity contribution in [2.24, 2.45) is 0 Å². The fourth-order valence-electron chi connectivity index (χ4n) is 2.33. The number of hydrogen-bond acceptors (Lipinski definition) is 2. The summed E-state index contributed by atoms with van der Waals surface area (Å²) in [5.41, 5.74) is 2.29. The summed E-state index contributed by atoms with van der Waals surface area (Å²) in [6.07, 6.45) is 3.73. The number of carbonyl (C=O) groups is 1.